The molecule has 1 unspecified atom stereocenters. The molecule has 1 N–H and O–H groups in total. The number of likely N-dealkylation sites (tertiary alicyclic amines) is 1. The van der Waals surface area contributed by atoms with Crippen LogP contribution in [0.5, 0.6) is 0 Å². The highest BCUT2D eigenvalue weighted by molar-refractivity contribution is 7.22. The van der Waals surface area contributed by atoms with Crippen molar-refractivity contribution in [1.82, 2.24) is 9.88 Å². The van der Waals surface area contributed by atoms with E-state index in [1.807, 2.05) is 43.3 Å². The Hall–Kier alpha value is -2.24. The van der Waals surface area contributed by atoms with Crippen LogP contribution >= 0.6 is 11.3 Å². The minimum Gasteiger partial charge on any atom is -0.301 e. The SMILES string of the molecule is Cc1cccc2sc(NC(=O)C3CCCN3Cc3ccccc3)nc12. The molecule has 4 nitrogen and oxygen atoms in total. The zero-order chi connectivity index (χ0) is 17.2. The fraction of sp³-hybridized carbons (Fsp3) is 0.300. The van der Waals surface area contributed by atoms with Crippen LogP contribution in [0.3, 0.4) is 0 Å². The van der Waals surface area contributed by atoms with Crippen molar-refractivity contribution in [3.63, 3.8) is 0 Å². The number of anilines is 1. The summed E-state index contributed by atoms with van der Waals surface area (Å²) in [6.45, 7) is 3.83. The van der Waals surface area contributed by atoms with Crippen LogP contribution in [0.25, 0.3) is 10.2 Å². The lowest BCUT2D eigenvalue weighted by Gasteiger charge is -2.23. The molecule has 0 radical (unpaired) electrons. The Balaban J connectivity index is 1.48. The Morgan fingerprint density at radius 2 is 2.08 bits per heavy atom. The molecule has 0 aliphatic carbocycles. The van der Waals surface area contributed by atoms with Gasteiger partial charge in [0.25, 0.3) is 0 Å². The molecule has 1 fully saturated rings. The van der Waals surface area contributed by atoms with Crippen LogP contribution in [0, 0.1) is 6.92 Å². The second-order valence-corrected chi connectivity index (χ2v) is 7.57. The number of rotatable bonds is 4. The first-order valence-electron chi connectivity index (χ1n) is 8.66. The van der Waals surface area contributed by atoms with Crippen LogP contribution in [0.1, 0.15) is 24.0 Å². The fourth-order valence-electron chi connectivity index (χ4n) is 3.46. The van der Waals surface area contributed by atoms with E-state index in [1.165, 1.54) is 5.56 Å². The van der Waals surface area contributed by atoms with Crippen molar-refractivity contribution in [1.29, 1.82) is 0 Å². The summed E-state index contributed by atoms with van der Waals surface area (Å²) in [5.74, 6) is 0.0603. The van der Waals surface area contributed by atoms with Gasteiger partial charge in [-0.2, -0.15) is 0 Å². The average molecular weight is 351 g/mol. The number of fused-ring (bicyclic) bond motifs is 1. The average Bonchev–Trinajstić information content (AvgIpc) is 3.23. The van der Waals surface area contributed by atoms with Gasteiger partial charge >= 0.3 is 0 Å². The number of hydrogen-bond acceptors (Lipinski definition) is 4. The number of carbonyl (C=O) groups excluding carboxylic acids is 1. The molecule has 0 saturated carbocycles. The van der Waals surface area contributed by atoms with Gasteiger partial charge in [-0.15, -0.1) is 0 Å². The van der Waals surface area contributed by atoms with Gasteiger partial charge in [0.15, 0.2) is 5.13 Å². The number of carbonyl (C=O) groups is 1. The molecule has 1 amide bonds. The van der Waals surface area contributed by atoms with Gasteiger partial charge in [-0.1, -0.05) is 53.8 Å². The lowest BCUT2D eigenvalue weighted by molar-refractivity contribution is -0.120. The van der Waals surface area contributed by atoms with Crippen LogP contribution < -0.4 is 5.32 Å². The molecule has 0 bridgehead atoms. The maximum atomic E-state index is 12.8. The topological polar surface area (TPSA) is 45.2 Å². The molecule has 25 heavy (non-hydrogen) atoms. The minimum absolute atomic E-state index is 0.0603. The van der Waals surface area contributed by atoms with Gasteiger partial charge < -0.3 is 5.32 Å². The zero-order valence-electron chi connectivity index (χ0n) is 14.2. The van der Waals surface area contributed by atoms with Crippen molar-refractivity contribution >= 4 is 32.6 Å². The highest BCUT2D eigenvalue weighted by atomic mass is 32.1. The van der Waals surface area contributed by atoms with Gasteiger partial charge in [0.2, 0.25) is 5.91 Å². The monoisotopic (exact) mass is 351 g/mol. The Labute approximate surface area is 151 Å². The molecular weight excluding hydrogens is 330 g/mol. The molecule has 3 aromatic rings. The van der Waals surface area contributed by atoms with Gasteiger partial charge in [-0.05, 0) is 43.5 Å². The summed E-state index contributed by atoms with van der Waals surface area (Å²) in [5.41, 5.74) is 3.37. The van der Waals surface area contributed by atoms with Gasteiger partial charge in [0.1, 0.15) is 0 Å². The van der Waals surface area contributed by atoms with E-state index in [2.05, 4.69) is 27.3 Å². The number of benzene rings is 2. The number of nitrogens with zero attached hydrogens (tertiary/aromatic N) is 2. The highest BCUT2D eigenvalue weighted by Crippen LogP contribution is 2.29. The summed E-state index contributed by atoms with van der Waals surface area (Å²) < 4.78 is 1.11. The number of para-hydroxylation sites is 1. The molecule has 4 rings (SSSR count). The molecule has 1 saturated heterocycles. The minimum atomic E-state index is -0.0756. The van der Waals surface area contributed by atoms with Crippen molar-refractivity contribution in [2.45, 2.75) is 32.4 Å². The summed E-state index contributed by atoms with van der Waals surface area (Å²) >= 11 is 1.54. The maximum absolute atomic E-state index is 12.8. The third-order valence-corrected chi connectivity index (χ3v) is 5.68. The number of nitrogens with one attached hydrogen (secondary N) is 1. The Kier molecular flexibility index (Phi) is 4.51. The summed E-state index contributed by atoms with van der Waals surface area (Å²) in [6.07, 6.45) is 1.96. The number of aromatic nitrogens is 1. The molecule has 5 heteroatoms. The number of aryl methyl sites for hydroxylation is 1. The first kappa shape index (κ1) is 16.2. The van der Waals surface area contributed by atoms with Crippen molar-refractivity contribution in [3.05, 3.63) is 59.7 Å². The predicted octanol–water partition coefficient (Wildman–Crippen LogP) is 4.21. The summed E-state index contributed by atoms with van der Waals surface area (Å²) in [5, 5.41) is 3.74. The van der Waals surface area contributed by atoms with E-state index < -0.39 is 0 Å². The third-order valence-electron chi connectivity index (χ3n) is 4.75. The predicted molar refractivity (Wildman–Crippen MR) is 103 cm³/mol. The van der Waals surface area contributed by atoms with E-state index in [0.29, 0.717) is 5.13 Å². The molecule has 128 valence electrons. The van der Waals surface area contributed by atoms with Gasteiger partial charge in [-0.25, -0.2) is 4.98 Å². The Morgan fingerprint density at radius 1 is 1.24 bits per heavy atom. The van der Waals surface area contributed by atoms with Crippen LogP contribution in [-0.2, 0) is 11.3 Å². The van der Waals surface area contributed by atoms with Crippen molar-refractivity contribution < 1.29 is 4.79 Å². The first-order chi connectivity index (χ1) is 12.2. The van der Waals surface area contributed by atoms with E-state index in [1.54, 1.807) is 11.3 Å². The largest absolute Gasteiger partial charge is 0.301 e. The van der Waals surface area contributed by atoms with Gasteiger partial charge in [0.05, 0.1) is 16.3 Å². The molecule has 1 atom stereocenters. The lowest BCUT2D eigenvalue weighted by atomic mass is 10.1. The molecule has 2 heterocycles. The van der Waals surface area contributed by atoms with E-state index in [0.717, 1.165) is 41.7 Å². The number of hydrogen-bond donors (Lipinski definition) is 1. The highest BCUT2D eigenvalue weighted by Gasteiger charge is 2.31. The van der Waals surface area contributed by atoms with Gasteiger partial charge in [-0.3, -0.25) is 9.69 Å². The third kappa shape index (κ3) is 3.43. The van der Waals surface area contributed by atoms with E-state index in [4.69, 9.17) is 0 Å². The summed E-state index contributed by atoms with van der Waals surface area (Å²) in [4.78, 5) is 19.7. The van der Waals surface area contributed by atoms with E-state index >= 15 is 0 Å². The fourth-order valence-corrected chi connectivity index (χ4v) is 4.41. The smallest absolute Gasteiger partial charge is 0.243 e. The van der Waals surface area contributed by atoms with Crippen LogP contribution in [0.2, 0.25) is 0 Å². The number of amides is 1. The molecule has 1 aliphatic heterocycles. The van der Waals surface area contributed by atoms with E-state index in [-0.39, 0.29) is 11.9 Å². The molecule has 0 spiro atoms. The van der Waals surface area contributed by atoms with Gasteiger partial charge in [0, 0.05) is 6.54 Å². The first-order valence-corrected chi connectivity index (χ1v) is 9.47. The maximum Gasteiger partial charge on any atom is 0.243 e. The summed E-state index contributed by atoms with van der Waals surface area (Å²) in [7, 11) is 0. The molecule has 1 aromatic heterocycles. The van der Waals surface area contributed by atoms with Crippen LogP contribution in [0.4, 0.5) is 5.13 Å². The molecule has 1 aliphatic rings. The number of thiazole rings is 1. The Bertz CT molecular complexity index is 890. The second kappa shape index (κ2) is 6.94. The standard InChI is InChI=1S/C20H21N3OS/c1-14-7-5-11-17-18(14)21-20(25-17)22-19(24)16-10-6-12-23(16)13-15-8-3-2-4-9-15/h2-5,7-9,11,16H,6,10,12-13H2,1H3,(H,21,22,24). The normalized spacial score (nSPS) is 17.9. The quantitative estimate of drug-likeness (QED) is 0.766. The zero-order valence-corrected chi connectivity index (χ0v) is 15.1. The lowest BCUT2D eigenvalue weighted by Crippen LogP contribution is -2.39. The van der Waals surface area contributed by atoms with Crippen molar-refractivity contribution in [2.24, 2.45) is 0 Å². The van der Waals surface area contributed by atoms with Crippen LogP contribution in [-0.4, -0.2) is 28.4 Å². The Morgan fingerprint density at radius 3 is 2.88 bits per heavy atom. The molecule has 2 aromatic carbocycles. The van der Waals surface area contributed by atoms with E-state index in [9.17, 15) is 4.79 Å². The molecular formula is C20H21N3OS. The van der Waals surface area contributed by atoms with Crippen molar-refractivity contribution in [2.75, 3.05) is 11.9 Å². The van der Waals surface area contributed by atoms with Crippen molar-refractivity contribution in [3.8, 4) is 0 Å². The van der Waals surface area contributed by atoms with Crippen LogP contribution in [0.15, 0.2) is 48.5 Å². The second-order valence-electron chi connectivity index (χ2n) is 6.54. The summed E-state index contributed by atoms with van der Waals surface area (Å²) in [6, 6.07) is 16.4.